The molecule has 1 fully saturated rings. The van der Waals surface area contributed by atoms with Crippen molar-refractivity contribution < 1.29 is 17.9 Å². The highest BCUT2D eigenvalue weighted by Crippen LogP contribution is 2.40. The second-order valence-electron chi connectivity index (χ2n) is 7.06. The Kier molecular flexibility index (Phi) is 3.98. The van der Waals surface area contributed by atoms with Crippen LogP contribution in [0.2, 0.25) is 0 Å². The minimum atomic E-state index is -3.40. The van der Waals surface area contributed by atoms with Gasteiger partial charge in [-0.15, -0.1) is 0 Å². The lowest BCUT2D eigenvalue weighted by molar-refractivity contribution is -0.347. The van der Waals surface area contributed by atoms with Crippen molar-refractivity contribution in [3.8, 4) is 0 Å². The monoisotopic (exact) mass is 312 g/mol. The molecule has 1 aromatic rings. The van der Waals surface area contributed by atoms with Crippen molar-refractivity contribution in [2.24, 2.45) is 0 Å². The van der Waals surface area contributed by atoms with E-state index in [2.05, 4.69) is 0 Å². The van der Waals surface area contributed by atoms with Crippen LogP contribution in [0.1, 0.15) is 41.0 Å². The second-order valence-corrected chi connectivity index (χ2v) is 9.05. The zero-order valence-corrected chi connectivity index (χ0v) is 14.2. The summed E-state index contributed by atoms with van der Waals surface area (Å²) in [5, 5.41) is 0. The van der Waals surface area contributed by atoms with E-state index < -0.39 is 26.8 Å². The summed E-state index contributed by atoms with van der Waals surface area (Å²) in [6, 6.07) is 8.50. The van der Waals surface area contributed by atoms with Gasteiger partial charge in [0.25, 0.3) is 0 Å². The maximum Gasteiger partial charge on any atom is 0.181 e. The molecule has 0 radical (unpaired) electrons. The molecule has 5 heteroatoms. The van der Waals surface area contributed by atoms with Crippen molar-refractivity contribution in [3.63, 3.8) is 0 Å². The molecule has 0 bridgehead atoms. The van der Waals surface area contributed by atoms with Crippen LogP contribution in [-0.2, 0) is 19.3 Å². The molecule has 1 heterocycles. The van der Waals surface area contributed by atoms with Crippen LogP contribution < -0.4 is 0 Å². The van der Waals surface area contributed by atoms with Crippen molar-refractivity contribution in [2.75, 3.05) is 5.75 Å². The Morgan fingerprint density at radius 3 is 2.10 bits per heavy atom. The maximum absolute atomic E-state index is 12.6. The normalized spacial score (nSPS) is 28.2. The Bertz CT molecular complexity index is 586. The molecular formula is C16H24O4S. The van der Waals surface area contributed by atoms with Gasteiger partial charge in [-0.3, -0.25) is 0 Å². The Labute approximate surface area is 127 Å². The lowest BCUT2D eigenvalue weighted by atomic mass is 9.89. The quantitative estimate of drug-likeness (QED) is 0.860. The van der Waals surface area contributed by atoms with Gasteiger partial charge in [-0.25, -0.2) is 8.42 Å². The summed E-state index contributed by atoms with van der Waals surface area (Å²) >= 11 is 0. The van der Waals surface area contributed by atoms with Crippen LogP contribution in [0.15, 0.2) is 35.2 Å². The molecule has 0 N–H and O–H groups in total. The zero-order valence-electron chi connectivity index (χ0n) is 13.3. The van der Waals surface area contributed by atoms with Crippen LogP contribution in [0.3, 0.4) is 0 Å². The van der Waals surface area contributed by atoms with Gasteiger partial charge in [-0.2, -0.15) is 0 Å². The van der Waals surface area contributed by atoms with E-state index in [0.29, 0.717) is 11.3 Å². The van der Waals surface area contributed by atoms with Gasteiger partial charge in [-0.05, 0) is 46.8 Å². The topological polar surface area (TPSA) is 52.6 Å². The summed E-state index contributed by atoms with van der Waals surface area (Å²) < 4.78 is 37.0. The molecule has 1 atom stereocenters. The van der Waals surface area contributed by atoms with Gasteiger partial charge in [0.15, 0.2) is 15.6 Å². The molecule has 0 aromatic heterocycles. The molecule has 1 aliphatic heterocycles. The summed E-state index contributed by atoms with van der Waals surface area (Å²) in [5.74, 6) is -0.858. The van der Waals surface area contributed by atoms with Gasteiger partial charge in [0.2, 0.25) is 0 Å². The predicted octanol–water partition coefficient (Wildman–Crippen LogP) is 3.17. The molecule has 118 valence electrons. The fraction of sp³-hybridized carbons (Fsp3) is 0.625. The molecule has 2 rings (SSSR count). The van der Waals surface area contributed by atoms with Gasteiger partial charge in [0.1, 0.15) is 0 Å². The third-order valence-corrected chi connectivity index (χ3v) is 5.39. The molecular weight excluding hydrogens is 288 g/mol. The maximum atomic E-state index is 12.6. The highest BCUT2D eigenvalue weighted by molar-refractivity contribution is 7.91. The first-order valence-electron chi connectivity index (χ1n) is 7.11. The minimum Gasteiger partial charge on any atom is -0.345 e. The van der Waals surface area contributed by atoms with Crippen molar-refractivity contribution in [1.29, 1.82) is 0 Å². The third-order valence-electron chi connectivity index (χ3n) is 3.41. The summed E-state index contributed by atoms with van der Waals surface area (Å²) in [7, 11) is -3.40. The molecule has 0 amide bonds. The molecule has 1 saturated heterocycles. The Morgan fingerprint density at radius 2 is 1.57 bits per heavy atom. The SMILES string of the molecule is CC1(C)C[C@](C)(CS(=O)(=O)c2ccccc2)OC(C)(C)O1. The summed E-state index contributed by atoms with van der Waals surface area (Å²) in [4.78, 5) is 0.330. The van der Waals surface area contributed by atoms with Crippen molar-refractivity contribution in [1.82, 2.24) is 0 Å². The number of benzene rings is 1. The standard InChI is InChI=1S/C16H24O4S/c1-14(2)11-16(5,20-15(3,4)19-14)12-21(17,18)13-9-7-6-8-10-13/h6-10H,11-12H2,1-5H3/t16-/m1/s1. The summed E-state index contributed by atoms with van der Waals surface area (Å²) in [6.45, 7) is 9.41. The van der Waals surface area contributed by atoms with Crippen LogP contribution >= 0.6 is 0 Å². The smallest absolute Gasteiger partial charge is 0.181 e. The van der Waals surface area contributed by atoms with Crippen LogP contribution in [0.25, 0.3) is 0 Å². The van der Waals surface area contributed by atoms with E-state index in [9.17, 15) is 8.42 Å². The van der Waals surface area contributed by atoms with Crippen LogP contribution in [-0.4, -0.2) is 31.2 Å². The van der Waals surface area contributed by atoms with Gasteiger partial charge in [-0.1, -0.05) is 18.2 Å². The molecule has 21 heavy (non-hydrogen) atoms. The van der Waals surface area contributed by atoms with E-state index in [1.54, 1.807) is 30.3 Å². The van der Waals surface area contributed by atoms with Crippen molar-refractivity contribution in [2.45, 2.75) is 62.9 Å². The highest BCUT2D eigenvalue weighted by atomic mass is 32.2. The molecule has 0 unspecified atom stereocenters. The van der Waals surface area contributed by atoms with Crippen LogP contribution in [0, 0.1) is 0 Å². The average Bonchev–Trinajstić information content (AvgIpc) is 2.23. The van der Waals surface area contributed by atoms with Gasteiger partial charge in [0, 0.05) is 6.42 Å². The fourth-order valence-electron chi connectivity index (χ4n) is 3.45. The van der Waals surface area contributed by atoms with Gasteiger partial charge < -0.3 is 9.47 Å². The third kappa shape index (κ3) is 4.05. The largest absolute Gasteiger partial charge is 0.345 e. The Balaban J connectivity index is 2.29. The lowest BCUT2D eigenvalue weighted by Gasteiger charge is -2.50. The van der Waals surface area contributed by atoms with E-state index in [4.69, 9.17) is 9.47 Å². The number of hydrogen-bond acceptors (Lipinski definition) is 4. The molecule has 0 saturated carbocycles. The summed E-state index contributed by atoms with van der Waals surface area (Å²) in [6.07, 6.45) is 0.523. The molecule has 0 spiro atoms. The first-order chi connectivity index (χ1) is 9.43. The summed E-state index contributed by atoms with van der Waals surface area (Å²) in [5.41, 5.74) is -1.21. The van der Waals surface area contributed by atoms with E-state index >= 15 is 0 Å². The van der Waals surface area contributed by atoms with Crippen LogP contribution in [0.4, 0.5) is 0 Å². The molecule has 1 aliphatic rings. The Hall–Kier alpha value is -0.910. The van der Waals surface area contributed by atoms with Gasteiger partial charge in [0.05, 0.1) is 21.9 Å². The van der Waals surface area contributed by atoms with Crippen molar-refractivity contribution >= 4 is 9.84 Å². The second kappa shape index (κ2) is 5.07. The predicted molar refractivity (Wildman–Crippen MR) is 81.8 cm³/mol. The Morgan fingerprint density at radius 1 is 1.00 bits per heavy atom. The fourth-order valence-corrected chi connectivity index (χ4v) is 5.15. The van der Waals surface area contributed by atoms with Crippen LogP contribution in [0.5, 0.6) is 0 Å². The highest BCUT2D eigenvalue weighted by Gasteiger charge is 2.48. The number of hydrogen-bond donors (Lipinski definition) is 0. The van der Waals surface area contributed by atoms with E-state index in [1.165, 1.54) is 0 Å². The number of rotatable bonds is 3. The molecule has 1 aromatic carbocycles. The first kappa shape index (κ1) is 16.5. The zero-order chi connectivity index (χ0) is 15.9. The van der Waals surface area contributed by atoms with E-state index in [0.717, 1.165) is 0 Å². The van der Waals surface area contributed by atoms with E-state index in [1.807, 2.05) is 34.6 Å². The average molecular weight is 312 g/mol. The van der Waals surface area contributed by atoms with Crippen molar-refractivity contribution in [3.05, 3.63) is 30.3 Å². The number of ether oxygens (including phenoxy) is 2. The molecule has 0 aliphatic carbocycles. The number of sulfone groups is 1. The minimum absolute atomic E-state index is 0.0553. The lowest BCUT2D eigenvalue weighted by Crippen LogP contribution is -2.57. The van der Waals surface area contributed by atoms with E-state index in [-0.39, 0.29) is 5.75 Å². The van der Waals surface area contributed by atoms with Gasteiger partial charge >= 0.3 is 0 Å². The first-order valence-corrected chi connectivity index (χ1v) is 8.77. The molecule has 4 nitrogen and oxygen atoms in total.